The summed E-state index contributed by atoms with van der Waals surface area (Å²) in [5.41, 5.74) is -7.38. The standard InChI is InChI=1S/C29H22F6O10S2/c1-17-7-3-5-9-21(17)19-11-13-23(25(15-19)42-44-46(36,37)38)27(28(30,31)32,29(33,34)35)24-14-12-20(22-10-6-4-8-18(22)2)16-26(24)43-45-47(39,40)41/h3-16H,1-2H3,(H,36,37,38)(H,39,40,41). The molecule has 47 heavy (non-hydrogen) atoms. The number of hydrogen-bond donors (Lipinski definition) is 2. The second-order valence-electron chi connectivity index (χ2n) is 9.96. The predicted octanol–water partition coefficient (Wildman–Crippen LogP) is 7.27. The van der Waals surface area contributed by atoms with E-state index >= 15 is 26.3 Å². The van der Waals surface area contributed by atoms with Gasteiger partial charge in [0.1, 0.15) is 0 Å². The normalized spacial score (nSPS) is 13.0. The molecule has 0 unspecified atom stereocenters. The zero-order valence-electron chi connectivity index (χ0n) is 23.8. The van der Waals surface area contributed by atoms with E-state index in [1.807, 2.05) is 0 Å². The summed E-state index contributed by atoms with van der Waals surface area (Å²) in [4.78, 5) is 8.88. The van der Waals surface area contributed by atoms with Crippen LogP contribution in [0.4, 0.5) is 26.3 Å². The van der Waals surface area contributed by atoms with Crippen LogP contribution in [-0.4, -0.2) is 38.3 Å². The molecule has 0 fully saturated rings. The SMILES string of the molecule is Cc1ccccc1-c1ccc(C(c2ccc(-c3ccccc3C)cc2OOS(=O)(=O)O)(C(F)(F)F)C(F)(F)F)c(OOS(=O)(=O)O)c1. The number of benzene rings is 4. The van der Waals surface area contributed by atoms with Crippen LogP contribution >= 0.6 is 0 Å². The van der Waals surface area contributed by atoms with Gasteiger partial charge in [-0.3, -0.25) is 9.11 Å². The van der Waals surface area contributed by atoms with Crippen LogP contribution in [0.3, 0.4) is 0 Å². The third-order valence-corrected chi connectivity index (χ3v) is 7.43. The first kappa shape index (κ1) is 35.7. The highest BCUT2D eigenvalue weighted by molar-refractivity contribution is 7.81. The van der Waals surface area contributed by atoms with E-state index in [2.05, 4.69) is 18.4 Å². The third-order valence-electron chi connectivity index (χ3n) is 6.95. The summed E-state index contributed by atoms with van der Waals surface area (Å²) >= 11 is 0. The summed E-state index contributed by atoms with van der Waals surface area (Å²) < 4.78 is 163. The highest BCUT2D eigenvalue weighted by Gasteiger charge is 2.74. The van der Waals surface area contributed by atoms with Gasteiger partial charge in [0.25, 0.3) is 0 Å². The molecule has 0 aromatic heterocycles. The van der Waals surface area contributed by atoms with Crippen molar-refractivity contribution in [1.29, 1.82) is 0 Å². The molecule has 0 heterocycles. The van der Waals surface area contributed by atoms with Gasteiger partial charge in [0.2, 0.25) is 5.41 Å². The van der Waals surface area contributed by atoms with Crippen LogP contribution in [0.2, 0.25) is 0 Å². The lowest BCUT2D eigenvalue weighted by molar-refractivity contribution is -0.290. The highest BCUT2D eigenvalue weighted by Crippen LogP contribution is 2.60. The number of halogens is 6. The Kier molecular flexibility index (Phi) is 9.69. The van der Waals surface area contributed by atoms with Crippen molar-refractivity contribution < 1.29 is 70.7 Å². The summed E-state index contributed by atoms with van der Waals surface area (Å²) in [6.45, 7) is 3.14. The first-order valence-corrected chi connectivity index (χ1v) is 15.6. The van der Waals surface area contributed by atoms with Crippen molar-refractivity contribution in [2.75, 3.05) is 0 Å². The molecule has 0 aliphatic carbocycles. The van der Waals surface area contributed by atoms with Crippen molar-refractivity contribution in [3.05, 3.63) is 107 Å². The van der Waals surface area contributed by atoms with Gasteiger partial charge >= 0.3 is 33.2 Å². The number of aryl methyl sites for hydroxylation is 2. The molecular formula is C29H22F6O10S2. The molecule has 0 aliphatic heterocycles. The molecule has 0 saturated carbocycles. The van der Waals surface area contributed by atoms with Crippen LogP contribution in [0.5, 0.6) is 11.5 Å². The van der Waals surface area contributed by atoms with Crippen molar-refractivity contribution >= 4 is 20.8 Å². The van der Waals surface area contributed by atoms with Gasteiger partial charge in [-0.2, -0.15) is 43.2 Å². The van der Waals surface area contributed by atoms with E-state index in [9.17, 15) is 16.8 Å². The Morgan fingerprint density at radius 2 is 0.894 bits per heavy atom. The van der Waals surface area contributed by atoms with Gasteiger partial charge in [-0.25, -0.2) is 0 Å². The molecule has 0 bridgehead atoms. The molecule has 0 atom stereocenters. The zero-order valence-corrected chi connectivity index (χ0v) is 25.5. The second-order valence-corrected chi connectivity index (χ2v) is 11.9. The predicted molar refractivity (Wildman–Crippen MR) is 153 cm³/mol. The van der Waals surface area contributed by atoms with Crippen LogP contribution in [-0.2, 0) is 34.9 Å². The van der Waals surface area contributed by atoms with E-state index in [0.717, 1.165) is 12.1 Å². The van der Waals surface area contributed by atoms with E-state index in [0.29, 0.717) is 35.4 Å². The Labute approximate surface area is 263 Å². The minimum absolute atomic E-state index is 0.0554. The molecule has 0 radical (unpaired) electrons. The maximum atomic E-state index is 15.3. The summed E-state index contributed by atoms with van der Waals surface area (Å²) in [6.07, 6.45) is -12.8. The molecule has 0 amide bonds. The third kappa shape index (κ3) is 7.53. The Morgan fingerprint density at radius 1 is 0.553 bits per heavy atom. The average Bonchev–Trinajstić information content (AvgIpc) is 2.94. The molecule has 18 heteroatoms. The van der Waals surface area contributed by atoms with Crippen LogP contribution in [0.25, 0.3) is 22.3 Å². The maximum absolute atomic E-state index is 15.3. The van der Waals surface area contributed by atoms with Crippen LogP contribution in [0.15, 0.2) is 84.9 Å². The fourth-order valence-electron chi connectivity index (χ4n) is 5.01. The lowest BCUT2D eigenvalue weighted by atomic mass is 9.71. The second kappa shape index (κ2) is 12.8. The molecule has 0 saturated heterocycles. The lowest BCUT2D eigenvalue weighted by Gasteiger charge is -2.39. The zero-order chi connectivity index (χ0) is 35.0. The molecule has 4 aromatic carbocycles. The summed E-state index contributed by atoms with van der Waals surface area (Å²) in [5.74, 6) is -2.94. The Morgan fingerprint density at radius 3 is 1.19 bits per heavy atom. The van der Waals surface area contributed by atoms with Crippen molar-refractivity contribution in [1.82, 2.24) is 0 Å². The summed E-state index contributed by atoms with van der Waals surface area (Å²) in [7, 11) is -11.2. The van der Waals surface area contributed by atoms with Gasteiger partial charge in [-0.05, 0) is 68.0 Å². The van der Waals surface area contributed by atoms with Crippen LogP contribution in [0, 0.1) is 13.8 Å². The Bertz CT molecular complexity index is 1870. The minimum Gasteiger partial charge on any atom is -0.319 e. The number of rotatable bonds is 10. The molecule has 0 spiro atoms. The fourth-order valence-corrected chi connectivity index (χ4v) is 5.33. The lowest BCUT2D eigenvalue weighted by Crippen LogP contribution is -2.55. The van der Waals surface area contributed by atoms with E-state index in [-0.39, 0.29) is 22.3 Å². The Hall–Kier alpha value is -4.20. The maximum Gasteiger partial charge on any atom is 0.432 e. The van der Waals surface area contributed by atoms with E-state index in [1.165, 1.54) is 24.3 Å². The largest absolute Gasteiger partial charge is 0.432 e. The minimum atomic E-state index is -6.38. The molecule has 4 aromatic rings. The molecule has 10 nitrogen and oxygen atoms in total. The van der Waals surface area contributed by atoms with Crippen molar-refractivity contribution in [3.8, 4) is 33.8 Å². The van der Waals surface area contributed by atoms with Crippen LogP contribution in [0.1, 0.15) is 22.3 Å². The van der Waals surface area contributed by atoms with Crippen LogP contribution < -0.4 is 9.78 Å². The Balaban J connectivity index is 2.14. The summed E-state index contributed by atoms with van der Waals surface area (Å²) in [6, 6.07) is 15.9. The van der Waals surface area contributed by atoms with Gasteiger partial charge in [-0.15, -0.1) is 0 Å². The van der Waals surface area contributed by atoms with Gasteiger partial charge in [0.05, 0.1) is 0 Å². The van der Waals surface area contributed by atoms with Gasteiger partial charge < -0.3 is 9.78 Å². The van der Waals surface area contributed by atoms with Gasteiger partial charge in [-0.1, -0.05) is 72.8 Å². The molecular weight excluding hydrogens is 686 g/mol. The molecule has 0 aliphatic rings. The number of alkyl halides is 6. The topological polar surface area (TPSA) is 146 Å². The molecule has 4 rings (SSSR count). The molecule has 252 valence electrons. The quantitative estimate of drug-likeness (QED) is 0.0746. The fraction of sp³-hybridized carbons (Fsp3) is 0.172. The first-order valence-electron chi connectivity index (χ1n) is 12.9. The van der Waals surface area contributed by atoms with E-state index in [4.69, 9.17) is 9.11 Å². The van der Waals surface area contributed by atoms with E-state index in [1.54, 1.807) is 38.1 Å². The van der Waals surface area contributed by atoms with Gasteiger partial charge in [0.15, 0.2) is 11.5 Å². The van der Waals surface area contributed by atoms with Crippen molar-refractivity contribution in [2.45, 2.75) is 31.6 Å². The first-order chi connectivity index (χ1) is 21.7. The van der Waals surface area contributed by atoms with E-state index < -0.39 is 61.2 Å². The monoisotopic (exact) mass is 708 g/mol. The summed E-state index contributed by atoms with van der Waals surface area (Å²) in [5, 5.41) is 0. The molecule has 2 N–H and O–H groups in total. The van der Waals surface area contributed by atoms with Crippen molar-refractivity contribution in [3.63, 3.8) is 0 Å². The average molecular weight is 709 g/mol. The smallest absolute Gasteiger partial charge is 0.319 e. The van der Waals surface area contributed by atoms with Gasteiger partial charge in [0, 0.05) is 11.1 Å². The highest BCUT2D eigenvalue weighted by atomic mass is 32.3. The van der Waals surface area contributed by atoms with Crippen molar-refractivity contribution in [2.24, 2.45) is 0 Å². The number of hydrogen-bond acceptors (Lipinski definition) is 8.